The van der Waals surface area contributed by atoms with Gasteiger partial charge in [0, 0.05) is 12.1 Å². The van der Waals surface area contributed by atoms with E-state index < -0.39 is 19.9 Å². The number of piperidine rings is 1. The zero-order valence-corrected chi connectivity index (χ0v) is 15.6. The number of rotatable bonds is 5. The molecule has 2 rings (SSSR count). The Hall–Kier alpha value is -0.670. The van der Waals surface area contributed by atoms with Crippen molar-refractivity contribution >= 4 is 32.3 Å². The van der Waals surface area contributed by atoms with Crippen molar-refractivity contribution in [3.63, 3.8) is 0 Å². The van der Waals surface area contributed by atoms with E-state index in [4.69, 9.17) is 0 Å². The van der Waals surface area contributed by atoms with Gasteiger partial charge in [0.25, 0.3) is 0 Å². The zero-order chi connectivity index (χ0) is 16.4. The SMILES string of the molecule is CCS(=O)(=O)c1cccc(S(=O)(=O)NC2CCCNC2C)c1.Cl. The molecule has 0 saturated carbocycles. The first kappa shape index (κ1) is 20.4. The Labute approximate surface area is 144 Å². The quantitative estimate of drug-likeness (QED) is 0.801. The molecule has 6 nitrogen and oxygen atoms in total. The maximum Gasteiger partial charge on any atom is 0.240 e. The van der Waals surface area contributed by atoms with Crippen molar-refractivity contribution in [2.24, 2.45) is 0 Å². The maximum absolute atomic E-state index is 12.5. The van der Waals surface area contributed by atoms with Crippen molar-refractivity contribution in [2.75, 3.05) is 12.3 Å². The first-order valence-electron chi connectivity index (χ1n) is 7.35. The third-order valence-electron chi connectivity index (χ3n) is 3.92. The maximum atomic E-state index is 12.5. The number of sulfone groups is 1. The molecule has 2 unspecified atom stereocenters. The molecule has 0 amide bonds. The molecule has 1 aromatic carbocycles. The molecule has 0 radical (unpaired) electrons. The van der Waals surface area contributed by atoms with Crippen LogP contribution in [0.3, 0.4) is 0 Å². The average Bonchev–Trinajstić information content (AvgIpc) is 2.49. The summed E-state index contributed by atoms with van der Waals surface area (Å²) >= 11 is 0. The van der Waals surface area contributed by atoms with E-state index in [1.807, 2.05) is 6.92 Å². The van der Waals surface area contributed by atoms with Gasteiger partial charge in [-0.05, 0) is 44.5 Å². The molecule has 1 aliphatic heterocycles. The first-order valence-corrected chi connectivity index (χ1v) is 10.5. The van der Waals surface area contributed by atoms with Gasteiger partial charge >= 0.3 is 0 Å². The van der Waals surface area contributed by atoms with Crippen LogP contribution < -0.4 is 10.0 Å². The fourth-order valence-corrected chi connectivity index (χ4v) is 4.87. The molecule has 1 fully saturated rings. The molecule has 2 atom stereocenters. The summed E-state index contributed by atoms with van der Waals surface area (Å²) in [4.78, 5) is 0.0208. The molecule has 9 heteroatoms. The van der Waals surface area contributed by atoms with Gasteiger partial charge < -0.3 is 5.32 Å². The van der Waals surface area contributed by atoms with Gasteiger partial charge in [0.2, 0.25) is 10.0 Å². The molecule has 0 bridgehead atoms. The van der Waals surface area contributed by atoms with Gasteiger partial charge in [-0.1, -0.05) is 13.0 Å². The Morgan fingerprint density at radius 3 is 2.48 bits per heavy atom. The van der Waals surface area contributed by atoms with Crippen LogP contribution in [0, 0.1) is 0 Å². The Morgan fingerprint density at radius 2 is 1.87 bits per heavy atom. The van der Waals surface area contributed by atoms with Gasteiger partial charge in [-0.15, -0.1) is 12.4 Å². The van der Waals surface area contributed by atoms with E-state index in [2.05, 4.69) is 10.0 Å². The second-order valence-corrected chi connectivity index (χ2v) is 9.48. The van der Waals surface area contributed by atoms with E-state index in [0.717, 1.165) is 19.4 Å². The summed E-state index contributed by atoms with van der Waals surface area (Å²) in [5, 5.41) is 3.23. The molecule has 1 aromatic rings. The minimum absolute atomic E-state index is 0. The summed E-state index contributed by atoms with van der Waals surface area (Å²) < 4.78 is 51.4. The zero-order valence-electron chi connectivity index (χ0n) is 13.2. The third kappa shape index (κ3) is 4.90. The van der Waals surface area contributed by atoms with Crippen LogP contribution in [0.2, 0.25) is 0 Å². The molecule has 2 N–H and O–H groups in total. The molecular formula is C14H23ClN2O4S2. The lowest BCUT2D eigenvalue weighted by Crippen LogP contribution is -2.51. The Bertz CT molecular complexity index is 735. The summed E-state index contributed by atoms with van der Waals surface area (Å²) in [6.45, 7) is 4.35. The summed E-state index contributed by atoms with van der Waals surface area (Å²) in [7, 11) is -7.17. The van der Waals surface area contributed by atoms with Gasteiger partial charge in [-0.3, -0.25) is 0 Å². The highest BCUT2D eigenvalue weighted by atomic mass is 35.5. The molecule has 23 heavy (non-hydrogen) atoms. The minimum atomic E-state index is -3.74. The highest BCUT2D eigenvalue weighted by Crippen LogP contribution is 2.19. The van der Waals surface area contributed by atoms with E-state index >= 15 is 0 Å². The number of hydrogen-bond donors (Lipinski definition) is 2. The molecule has 0 spiro atoms. The molecule has 0 aliphatic carbocycles. The van der Waals surface area contributed by atoms with Crippen molar-refractivity contribution in [3.05, 3.63) is 24.3 Å². The van der Waals surface area contributed by atoms with Gasteiger partial charge in [0.15, 0.2) is 9.84 Å². The van der Waals surface area contributed by atoms with Crippen molar-refractivity contribution in [2.45, 2.75) is 48.6 Å². The predicted molar refractivity (Wildman–Crippen MR) is 92.2 cm³/mol. The van der Waals surface area contributed by atoms with Crippen molar-refractivity contribution in [1.82, 2.24) is 10.0 Å². The second-order valence-electron chi connectivity index (χ2n) is 5.49. The summed E-state index contributed by atoms with van der Waals surface area (Å²) in [6.07, 6.45) is 1.67. The van der Waals surface area contributed by atoms with Crippen LogP contribution in [0.25, 0.3) is 0 Å². The Morgan fingerprint density at radius 1 is 1.22 bits per heavy atom. The normalized spacial score (nSPS) is 22.3. The topological polar surface area (TPSA) is 92.3 Å². The van der Waals surface area contributed by atoms with E-state index in [-0.39, 0.29) is 40.0 Å². The predicted octanol–water partition coefficient (Wildman–Crippen LogP) is 1.32. The van der Waals surface area contributed by atoms with E-state index in [1.165, 1.54) is 31.2 Å². The van der Waals surface area contributed by atoms with Crippen LogP contribution in [-0.4, -0.2) is 41.2 Å². The fourth-order valence-electron chi connectivity index (χ4n) is 2.47. The third-order valence-corrected chi connectivity index (χ3v) is 7.14. The van der Waals surface area contributed by atoms with Crippen LogP contribution in [0.15, 0.2) is 34.1 Å². The minimum Gasteiger partial charge on any atom is -0.313 e. The molecular weight excluding hydrogens is 360 g/mol. The number of sulfonamides is 1. The standard InChI is InChI=1S/C14H22N2O4S2.ClH/c1-3-21(17,18)12-6-4-7-13(10-12)22(19,20)16-14-8-5-9-15-11(14)2;/h4,6-7,10-11,14-16H,3,5,8-9H2,1-2H3;1H. The van der Waals surface area contributed by atoms with E-state index in [0.29, 0.717) is 0 Å². The highest BCUT2D eigenvalue weighted by Gasteiger charge is 2.27. The molecule has 132 valence electrons. The van der Waals surface area contributed by atoms with Gasteiger partial charge in [0.05, 0.1) is 15.5 Å². The molecule has 0 aromatic heterocycles. The Kier molecular flexibility index (Phi) is 7.03. The van der Waals surface area contributed by atoms with Gasteiger partial charge in [0.1, 0.15) is 0 Å². The van der Waals surface area contributed by atoms with Gasteiger partial charge in [-0.25, -0.2) is 21.6 Å². The van der Waals surface area contributed by atoms with E-state index in [1.54, 1.807) is 0 Å². The number of nitrogens with one attached hydrogen (secondary N) is 2. The smallest absolute Gasteiger partial charge is 0.240 e. The number of benzene rings is 1. The lowest BCUT2D eigenvalue weighted by Gasteiger charge is -2.30. The lowest BCUT2D eigenvalue weighted by molar-refractivity contribution is 0.349. The van der Waals surface area contributed by atoms with Crippen LogP contribution in [0.4, 0.5) is 0 Å². The second kappa shape index (κ2) is 7.94. The van der Waals surface area contributed by atoms with E-state index in [9.17, 15) is 16.8 Å². The average molecular weight is 383 g/mol. The van der Waals surface area contributed by atoms with Crippen LogP contribution in [0.1, 0.15) is 26.7 Å². The fraction of sp³-hybridized carbons (Fsp3) is 0.571. The largest absolute Gasteiger partial charge is 0.313 e. The molecule has 1 heterocycles. The van der Waals surface area contributed by atoms with Crippen molar-refractivity contribution < 1.29 is 16.8 Å². The van der Waals surface area contributed by atoms with Crippen LogP contribution >= 0.6 is 12.4 Å². The summed E-state index contributed by atoms with van der Waals surface area (Å²) in [6, 6.07) is 5.37. The van der Waals surface area contributed by atoms with Crippen LogP contribution in [0.5, 0.6) is 0 Å². The number of halogens is 1. The highest BCUT2D eigenvalue weighted by molar-refractivity contribution is 7.91. The summed E-state index contributed by atoms with van der Waals surface area (Å²) in [5.74, 6) is -0.0620. The monoisotopic (exact) mass is 382 g/mol. The lowest BCUT2D eigenvalue weighted by atomic mass is 10.0. The molecule has 1 aliphatic rings. The summed E-state index contributed by atoms with van der Waals surface area (Å²) in [5.41, 5.74) is 0. The van der Waals surface area contributed by atoms with Crippen molar-refractivity contribution in [3.8, 4) is 0 Å². The van der Waals surface area contributed by atoms with Gasteiger partial charge in [-0.2, -0.15) is 0 Å². The molecule has 1 saturated heterocycles. The number of hydrogen-bond acceptors (Lipinski definition) is 5. The first-order chi connectivity index (χ1) is 10.3. The van der Waals surface area contributed by atoms with Crippen molar-refractivity contribution in [1.29, 1.82) is 0 Å². The Balaban J connectivity index is 0.00000264. The van der Waals surface area contributed by atoms with Crippen LogP contribution in [-0.2, 0) is 19.9 Å².